The minimum Gasteiger partial charge on any atom is -0.496 e. The lowest BCUT2D eigenvalue weighted by Crippen LogP contribution is -2.27. The highest BCUT2D eigenvalue weighted by Gasteiger charge is 2.22. The Balaban J connectivity index is 2.24. The molecule has 0 saturated carbocycles. The zero-order valence-corrected chi connectivity index (χ0v) is 12.2. The van der Waals surface area contributed by atoms with Crippen molar-refractivity contribution in [2.75, 3.05) is 13.2 Å². The van der Waals surface area contributed by atoms with Gasteiger partial charge < -0.3 is 10.1 Å². The molecule has 0 aromatic carbocycles. The standard InChI is InChI=1S/C14H19BrN2O/c1-2-8-16-14(12-7-3-4-10-18-12)13-11(15)6-5-9-17-13/h5-7,9,14,16H,2-4,8,10H2,1H3. The van der Waals surface area contributed by atoms with Gasteiger partial charge in [0.2, 0.25) is 0 Å². The van der Waals surface area contributed by atoms with Gasteiger partial charge in [-0.05, 0) is 59.9 Å². The minimum absolute atomic E-state index is 0.0563. The van der Waals surface area contributed by atoms with Crippen molar-refractivity contribution in [1.29, 1.82) is 0 Å². The lowest BCUT2D eigenvalue weighted by Gasteiger charge is -2.25. The Hall–Kier alpha value is -0.870. The number of pyridine rings is 1. The van der Waals surface area contributed by atoms with Crippen LogP contribution in [0.15, 0.2) is 34.6 Å². The number of halogens is 1. The number of nitrogens with one attached hydrogen (secondary N) is 1. The Bertz CT molecular complexity index is 420. The van der Waals surface area contributed by atoms with Crippen LogP contribution in [0.4, 0.5) is 0 Å². The van der Waals surface area contributed by atoms with Crippen LogP contribution in [0.2, 0.25) is 0 Å². The molecule has 0 fully saturated rings. The van der Waals surface area contributed by atoms with Gasteiger partial charge in [-0.1, -0.05) is 6.92 Å². The highest BCUT2D eigenvalue weighted by molar-refractivity contribution is 9.10. The summed E-state index contributed by atoms with van der Waals surface area (Å²) < 4.78 is 6.81. The number of aromatic nitrogens is 1. The number of hydrogen-bond donors (Lipinski definition) is 1. The first-order valence-electron chi connectivity index (χ1n) is 6.49. The molecule has 2 rings (SSSR count). The first-order chi connectivity index (χ1) is 8.83. The fourth-order valence-corrected chi connectivity index (χ4v) is 2.49. The first-order valence-corrected chi connectivity index (χ1v) is 7.29. The maximum atomic E-state index is 5.78. The van der Waals surface area contributed by atoms with Crippen LogP contribution in [0.25, 0.3) is 0 Å². The Labute approximate surface area is 117 Å². The van der Waals surface area contributed by atoms with Gasteiger partial charge in [-0.2, -0.15) is 0 Å². The number of allylic oxidation sites excluding steroid dienone is 1. The summed E-state index contributed by atoms with van der Waals surface area (Å²) >= 11 is 3.57. The van der Waals surface area contributed by atoms with Crippen molar-refractivity contribution in [2.24, 2.45) is 0 Å². The van der Waals surface area contributed by atoms with E-state index in [1.165, 1.54) is 0 Å². The molecule has 1 aliphatic heterocycles. The Morgan fingerprint density at radius 3 is 3.11 bits per heavy atom. The van der Waals surface area contributed by atoms with Crippen LogP contribution in [-0.4, -0.2) is 18.1 Å². The van der Waals surface area contributed by atoms with Crippen molar-refractivity contribution < 1.29 is 4.74 Å². The lowest BCUT2D eigenvalue weighted by molar-refractivity contribution is 0.166. The Morgan fingerprint density at radius 1 is 1.56 bits per heavy atom. The average Bonchev–Trinajstić information content (AvgIpc) is 2.42. The molecule has 0 amide bonds. The van der Waals surface area contributed by atoms with E-state index in [1.54, 1.807) is 0 Å². The maximum absolute atomic E-state index is 5.78. The highest BCUT2D eigenvalue weighted by Crippen LogP contribution is 2.29. The largest absolute Gasteiger partial charge is 0.496 e. The van der Waals surface area contributed by atoms with E-state index in [1.807, 2.05) is 18.3 Å². The van der Waals surface area contributed by atoms with E-state index in [2.05, 4.69) is 39.2 Å². The molecule has 1 aromatic heterocycles. The van der Waals surface area contributed by atoms with Gasteiger partial charge in [0, 0.05) is 10.7 Å². The third-order valence-corrected chi connectivity index (χ3v) is 3.58. The second-order valence-corrected chi connectivity index (χ2v) is 5.21. The van der Waals surface area contributed by atoms with Crippen molar-refractivity contribution in [3.05, 3.63) is 40.3 Å². The molecule has 3 nitrogen and oxygen atoms in total. The Kier molecular flexibility index (Phi) is 5.20. The normalized spacial score (nSPS) is 16.9. The molecule has 18 heavy (non-hydrogen) atoms. The van der Waals surface area contributed by atoms with Crippen molar-refractivity contribution >= 4 is 15.9 Å². The van der Waals surface area contributed by atoms with E-state index >= 15 is 0 Å². The third-order valence-electron chi connectivity index (χ3n) is 2.91. The molecule has 0 saturated heterocycles. The summed E-state index contributed by atoms with van der Waals surface area (Å²) in [5, 5.41) is 3.51. The lowest BCUT2D eigenvalue weighted by atomic mass is 10.1. The summed E-state index contributed by atoms with van der Waals surface area (Å²) in [4.78, 5) is 4.48. The second-order valence-electron chi connectivity index (χ2n) is 4.35. The van der Waals surface area contributed by atoms with E-state index in [0.717, 1.165) is 48.3 Å². The van der Waals surface area contributed by atoms with Gasteiger partial charge in [-0.3, -0.25) is 4.98 Å². The molecule has 4 heteroatoms. The fourth-order valence-electron chi connectivity index (χ4n) is 2.01. The van der Waals surface area contributed by atoms with E-state index in [0.29, 0.717) is 0 Å². The van der Waals surface area contributed by atoms with Gasteiger partial charge in [0.15, 0.2) is 0 Å². The van der Waals surface area contributed by atoms with Crippen molar-refractivity contribution in [2.45, 2.75) is 32.2 Å². The van der Waals surface area contributed by atoms with Crippen LogP contribution in [0.3, 0.4) is 0 Å². The molecule has 0 radical (unpaired) electrons. The zero-order valence-electron chi connectivity index (χ0n) is 10.7. The topological polar surface area (TPSA) is 34.1 Å². The molecule has 0 spiro atoms. The molecule has 1 unspecified atom stereocenters. The van der Waals surface area contributed by atoms with Crippen molar-refractivity contribution in [3.63, 3.8) is 0 Å². The van der Waals surface area contributed by atoms with Crippen molar-refractivity contribution in [1.82, 2.24) is 10.3 Å². The van der Waals surface area contributed by atoms with Gasteiger partial charge in [0.1, 0.15) is 11.8 Å². The van der Waals surface area contributed by atoms with Gasteiger partial charge in [0.25, 0.3) is 0 Å². The molecule has 1 aliphatic rings. The number of hydrogen-bond acceptors (Lipinski definition) is 3. The fraction of sp³-hybridized carbons (Fsp3) is 0.500. The predicted molar refractivity (Wildman–Crippen MR) is 76.2 cm³/mol. The van der Waals surface area contributed by atoms with Crippen LogP contribution < -0.4 is 5.32 Å². The third kappa shape index (κ3) is 3.33. The van der Waals surface area contributed by atoms with Gasteiger partial charge in [-0.15, -0.1) is 0 Å². The summed E-state index contributed by atoms with van der Waals surface area (Å²) in [6.45, 7) is 3.92. The van der Waals surface area contributed by atoms with E-state index in [-0.39, 0.29) is 6.04 Å². The molecule has 2 heterocycles. The van der Waals surface area contributed by atoms with Crippen LogP contribution >= 0.6 is 15.9 Å². The molecule has 0 bridgehead atoms. The first kappa shape index (κ1) is 13.6. The number of nitrogens with zero attached hydrogens (tertiary/aromatic N) is 1. The predicted octanol–water partition coefficient (Wildman–Crippen LogP) is 3.58. The van der Waals surface area contributed by atoms with Crippen molar-refractivity contribution in [3.8, 4) is 0 Å². The molecular weight excluding hydrogens is 292 g/mol. The van der Waals surface area contributed by atoms with E-state index in [9.17, 15) is 0 Å². The van der Waals surface area contributed by atoms with Crippen LogP contribution in [-0.2, 0) is 4.74 Å². The molecule has 1 aromatic rings. The molecular formula is C14H19BrN2O. The monoisotopic (exact) mass is 310 g/mol. The highest BCUT2D eigenvalue weighted by atomic mass is 79.9. The summed E-state index contributed by atoms with van der Waals surface area (Å²) in [6.07, 6.45) is 7.29. The number of rotatable bonds is 5. The van der Waals surface area contributed by atoms with Gasteiger partial charge in [-0.25, -0.2) is 0 Å². The van der Waals surface area contributed by atoms with E-state index in [4.69, 9.17) is 4.74 Å². The van der Waals surface area contributed by atoms with E-state index < -0.39 is 0 Å². The number of ether oxygens (including phenoxy) is 1. The molecule has 0 aliphatic carbocycles. The molecule has 1 N–H and O–H groups in total. The summed E-state index contributed by atoms with van der Waals surface area (Å²) in [5.74, 6) is 1.01. The average molecular weight is 311 g/mol. The minimum atomic E-state index is 0.0563. The van der Waals surface area contributed by atoms with Gasteiger partial charge in [0.05, 0.1) is 12.3 Å². The van der Waals surface area contributed by atoms with Crippen LogP contribution in [0.1, 0.15) is 37.9 Å². The quantitative estimate of drug-likeness (QED) is 0.902. The zero-order chi connectivity index (χ0) is 12.8. The van der Waals surface area contributed by atoms with Crippen LogP contribution in [0, 0.1) is 0 Å². The summed E-state index contributed by atoms with van der Waals surface area (Å²) in [7, 11) is 0. The Morgan fingerprint density at radius 2 is 2.44 bits per heavy atom. The maximum Gasteiger partial charge on any atom is 0.115 e. The summed E-state index contributed by atoms with van der Waals surface area (Å²) in [5.41, 5.74) is 0.999. The summed E-state index contributed by atoms with van der Waals surface area (Å²) in [6, 6.07) is 4.01. The SMILES string of the molecule is CCCNC(C1=CCCCO1)c1ncccc1Br. The van der Waals surface area contributed by atoms with Crippen LogP contribution in [0.5, 0.6) is 0 Å². The smallest absolute Gasteiger partial charge is 0.115 e. The molecule has 1 atom stereocenters. The molecule has 98 valence electrons. The second kappa shape index (κ2) is 6.90. The van der Waals surface area contributed by atoms with Gasteiger partial charge >= 0.3 is 0 Å².